The number of anilines is 1. The van der Waals surface area contributed by atoms with Gasteiger partial charge in [-0.05, 0) is 12.1 Å². The number of rotatable bonds is 2. The van der Waals surface area contributed by atoms with Gasteiger partial charge in [0.05, 0.1) is 4.92 Å². The van der Waals surface area contributed by atoms with Crippen LogP contribution in [0.4, 0.5) is 11.4 Å². The van der Waals surface area contributed by atoms with Crippen LogP contribution in [0.1, 0.15) is 10.4 Å². The van der Waals surface area contributed by atoms with E-state index in [1.807, 2.05) is 0 Å². The number of nitro benzene ring substituents is 1. The fraction of sp³-hybridized carbons (Fsp3) is 0.125. The van der Waals surface area contributed by atoms with Crippen LogP contribution in [0.15, 0.2) is 18.2 Å². The van der Waals surface area contributed by atoms with Crippen LogP contribution < -0.4 is 11.1 Å². The molecular weight excluding hydrogens is 186 g/mol. The Bertz CT molecular complexity index is 389. The standard InChI is InChI=1S/C8H9N3O3/c1-10-8(12)6-3-2-5(9)4-7(6)11(13)14/h2-4H,9H2,1H3,(H,10,12). The van der Waals surface area contributed by atoms with Crippen LogP contribution in [-0.4, -0.2) is 17.9 Å². The minimum Gasteiger partial charge on any atom is -0.399 e. The third-order valence-electron chi connectivity index (χ3n) is 1.69. The molecule has 0 aliphatic rings. The van der Waals surface area contributed by atoms with Crippen LogP contribution >= 0.6 is 0 Å². The highest BCUT2D eigenvalue weighted by Gasteiger charge is 2.18. The quantitative estimate of drug-likeness (QED) is 0.408. The molecule has 0 radical (unpaired) electrons. The molecule has 0 aliphatic carbocycles. The number of amides is 1. The molecule has 0 spiro atoms. The number of hydrogen-bond acceptors (Lipinski definition) is 4. The van der Waals surface area contributed by atoms with Crippen molar-refractivity contribution < 1.29 is 9.72 Å². The van der Waals surface area contributed by atoms with Crippen molar-refractivity contribution in [3.05, 3.63) is 33.9 Å². The predicted octanol–water partition coefficient (Wildman–Crippen LogP) is 0.537. The maximum atomic E-state index is 11.2. The molecule has 1 amide bonds. The van der Waals surface area contributed by atoms with E-state index < -0.39 is 10.8 Å². The van der Waals surface area contributed by atoms with Gasteiger partial charge in [0.2, 0.25) is 0 Å². The Balaban J connectivity index is 3.28. The van der Waals surface area contributed by atoms with E-state index in [1.165, 1.54) is 19.2 Å². The first kappa shape index (κ1) is 9.97. The average molecular weight is 195 g/mol. The summed E-state index contributed by atoms with van der Waals surface area (Å²) in [6, 6.07) is 3.93. The molecule has 0 aliphatic heterocycles. The molecule has 0 saturated heterocycles. The molecule has 1 aromatic rings. The second kappa shape index (κ2) is 3.73. The molecule has 14 heavy (non-hydrogen) atoms. The fourth-order valence-corrected chi connectivity index (χ4v) is 1.03. The van der Waals surface area contributed by atoms with Gasteiger partial charge in [-0.3, -0.25) is 14.9 Å². The van der Waals surface area contributed by atoms with Gasteiger partial charge in [0.15, 0.2) is 0 Å². The number of nitrogens with two attached hydrogens (primary N) is 1. The van der Waals surface area contributed by atoms with E-state index in [4.69, 9.17) is 5.73 Å². The lowest BCUT2D eigenvalue weighted by Crippen LogP contribution is -2.19. The summed E-state index contributed by atoms with van der Waals surface area (Å²) in [5.41, 5.74) is 5.34. The minimum absolute atomic E-state index is 0.00620. The molecule has 0 fully saturated rings. The number of nitrogens with zero attached hydrogens (tertiary/aromatic N) is 1. The number of nitrogens with one attached hydrogen (secondary N) is 1. The lowest BCUT2D eigenvalue weighted by molar-refractivity contribution is -0.385. The highest BCUT2D eigenvalue weighted by atomic mass is 16.6. The van der Waals surface area contributed by atoms with E-state index in [0.29, 0.717) is 0 Å². The predicted molar refractivity (Wildman–Crippen MR) is 50.9 cm³/mol. The summed E-state index contributed by atoms with van der Waals surface area (Å²) in [6.07, 6.45) is 0. The average Bonchev–Trinajstić information content (AvgIpc) is 2.16. The van der Waals surface area contributed by atoms with Crippen LogP contribution in [0.5, 0.6) is 0 Å². The molecule has 74 valence electrons. The van der Waals surface area contributed by atoms with E-state index in [1.54, 1.807) is 0 Å². The van der Waals surface area contributed by atoms with Crippen molar-refractivity contribution in [1.29, 1.82) is 0 Å². The fourth-order valence-electron chi connectivity index (χ4n) is 1.03. The van der Waals surface area contributed by atoms with E-state index in [0.717, 1.165) is 6.07 Å². The van der Waals surface area contributed by atoms with Gasteiger partial charge in [-0.15, -0.1) is 0 Å². The van der Waals surface area contributed by atoms with Crippen molar-refractivity contribution in [3.8, 4) is 0 Å². The number of benzene rings is 1. The summed E-state index contributed by atoms with van der Waals surface area (Å²) < 4.78 is 0. The maximum absolute atomic E-state index is 11.2. The van der Waals surface area contributed by atoms with Crippen LogP contribution in [0.3, 0.4) is 0 Å². The summed E-state index contributed by atoms with van der Waals surface area (Å²) in [7, 11) is 1.41. The first-order valence-electron chi connectivity index (χ1n) is 3.82. The van der Waals surface area contributed by atoms with Crippen molar-refractivity contribution >= 4 is 17.3 Å². The van der Waals surface area contributed by atoms with Gasteiger partial charge >= 0.3 is 0 Å². The third kappa shape index (κ3) is 1.79. The highest BCUT2D eigenvalue weighted by molar-refractivity contribution is 5.98. The molecule has 0 unspecified atom stereocenters. The lowest BCUT2D eigenvalue weighted by atomic mass is 10.1. The van der Waals surface area contributed by atoms with E-state index in [-0.39, 0.29) is 16.9 Å². The van der Waals surface area contributed by atoms with E-state index in [9.17, 15) is 14.9 Å². The first-order valence-corrected chi connectivity index (χ1v) is 3.82. The van der Waals surface area contributed by atoms with Crippen LogP contribution in [0.2, 0.25) is 0 Å². The van der Waals surface area contributed by atoms with Gasteiger partial charge in [0.25, 0.3) is 11.6 Å². The molecule has 0 heterocycles. The Hall–Kier alpha value is -2.11. The molecule has 1 rings (SSSR count). The molecule has 6 heteroatoms. The summed E-state index contributed by atoms with van der Waals surface area (Å²) in [5.74, 6) is -0.503. The first-order chi connectivity index (χ1) is 6.56. The molecule has 3 N–H and O–H groups in total. The zero-order valence-corrected chi connectivity index (χ0v) is 7.48. The number of hydrogen-bond donors (Lipinski definition) is 2. The normalized spacial score (nSPS) is 9.50. The number of nitro groups is 1. The van der Waals surface area contributed by atoms with Crippen molar-refractivity contribution in [2.45, 2.75) is 0 Å². The summed E-state index contributed by atoms with van der Waals surface area (Å²) in [6.45, 7) is 0. The van der Waals surface area contributed by atoms with Crippen LogP contribution in [0, 0.1) is 10.1 Å². The SMILES string of the molecule is CNC(=O)c1ccc(N)cc1[N+](=O)[O-]. The Morgan fingerprint density at radius 3 is 2.71 bits per heavy atom. The van der Waals surface area contributed by atoms with Gasteiger partial charge in [-0.25, -0.2) is 0 Å². The van der Waals surface area contributed by atoms with Crippen molar-refractivity contribution in [2.75, 3.05) is 12.8 Å². The maximum Gasteiger partial charge on any atom is 0.284 e. The zero-order chi connectivity index (χ0) is 10.7. The largest absolute Gasteiger partial charge is 0.399 e. The second-order valence-electron chi connectivity index (χ2n) is 2.61. The monoisotopic (exact) mass is 195 g/mol. The zero-order valence-electron chi connectivity index (χ0n) is 7.48. The smallest absolute Gasteiger partial charge is 0.284 e. The summed E-state index contributed by atoms with van der Waals surface area (Å²) >= 11 is 0. The summed E-state index contributed by atoms with van der Waals surface area (Å²) in [5, 5.41) is 12.9. The Morgan fingerprint density at radius 2 is 2.21 bits per heavy atom. The number of nitrogen functional groups attached to an aromatic ring is 1. The van der Waals surface area contributed by atoms with E-state index >= 15 is 0 Å². The van der Waals surface area contributed by atoms with E-state index in [2.05, 4.69) is 5.32 Å². The highest BCUT2D eigenvalue weighted by Crippen LogP contribution is 2.21. The molecule has 0 bridgehead atoms. The molecule has 0 aromatic heterocycles. The molecule has 6 nitrogen and oxygen atoms in total. The van der Waals surface area contributed by atoms with Gasteiger partial charge in [-0.1, -0.05) is 0 Å². The van der Waals surface area contributed by atoms with Crippen LogP contribution in [0.25, 0.3) is 0 Å². The topological polar surface area (TPSA) is 98.3 Å². The van der Waals surface area contributed by atoms with Crippen LogP contribution in [-0.2, 0) is 0 Å². The Labute approximate surface area is 79.9 Å². The van der Waals surface area contributed by atoms with Crippen molar-refractivity contribution in [1.82, 2.24) is 5.32 Å². The minimum atomic E-state index is -0.638. The van der Waals surface area contributed by atoms with Gasteiger partial charge in [-0.2, -0.15) is 0 Å². The molecule has 0 atom stereocenters. The lowest BCUT2D eigenvalue weighted by Gasteiger charge is -2.01. The second-order valence-corrected chi connectivity index (χ2v) is 2.61. The number of carbonyl (C=O) groups excluding carboxylic acids is 1. The van der Waals surface area contributed by atoms with Gasteiger partial charge < -0.3 is 11.1 Å². The van der Waals surface area contributed by atoms with Crippen molar-refractivity contribution in [2.24, 2.45) is 0 Å². The number of carbonyl (C=O) groups is 1. The molecule has 1 aromatic carbocycles. The van der Waals surface area contributed by atoms with Gasteiger partial charge in [0.1, 0.15) is 5.56 Å². The third-order valence-corrected chi connectivity index (χ3v) is 1.69. The Morgan fingerprint density at radius 1 is 1.57 bits per heavy atom. The Kier molecular flexibility index (Phi) is 2.66. The molecular formula is C8H9N3O3. The van der Waals surface area contributed by atoms with Gasteiger partial charge in [0, 0.05) is 18.8 Å². The summed E-state index contributed by atoms with van der Waals surface area (Å²) in [4.78, 5) is 21.1. The molecule has 0 saturated carbocycles. The van der Waals surface area contributed by atoms with Crippen molar-refractivity contribution in [3.63, 3.8) is 0 Å².